The fourth-order valence-electron chi connectivity index (χ4n) is 2.39. The van der Waals surface area contributed by atoms with E-state index in [9.17, 15) is 4.79 Å². The first-order valence-electron chi connectivity index (χ1n) is 7.39. The molecule has 0 aliphatic heterocycles. The van der Waals surface area contributed by atoms with E-state index in [2.05, 4.69) is 17.6 Å². The van der Waals surface area contributed by atoms with Crippen molar-refractivity contribution in [2.24, 2.45) is 5.92 Å². The van der Waals surface area contributed by atoms with E-state index in [1.807, 2.05) is 38.4 Å². The summed E-state index contributed by atoms with van der Waals surface area (Å²) in [6, 6.07) is 8.30. The van der Waals surface area contributed by atoms with Gasteiger partial charge in [-0.05, 0) is 50.4 Å². The van der Waals surface area contributed by atoms with Gasteiger partial charge in [-0.1, -0.05) is 18.6 Å². The van der Waals surface area contributed by atoms with E-state index in [0.717, 1.165) is 12.2 Å². The normalized spacial score (nSPS) is 16.4. The Morgan fingerprint density at radius 3 is 2.50 bits per heavy atom. The van der Waals surface area contributed by atoms with Crippen molar-refractivity contribution in [2.45, 2.75) is 32.2 Å². The summed E-state index contributed by atoms with van der Waals surface area (Å²) >= 11 is 0. The van der Waals surface area contributed by atoms with Gasteiger partial charge in [0.1, 0.15) is 0 Å². The highest BCUT2D eigenvalue weighted by Gasteiger charge is 2.21. The number of nitrogens with zero attached hydrogens (tertiary/aromatic N) is 1. The third-order valence-electron chi connectivity index (χ3n) is 4.20. The maximum absolute atomic E-state index is 12.1. The molecule has 1 atom stereocenters. The highest BCUT2D eigenvalue weighted by atomic mass is 16.2. The van der Waals surface area contributed by atoms with Gasteiger partial charge in [0, 0.05) is 25.3 Å². The fraction of sp³-hybridized carbons (Fsp3) is 0.562. The predicted molar refractivity (Wildman–Crippen MR) is 82.9 cm³/mol. The number of carbonyl (C=O) groups is 1. The zero-order valence-corrected chi connectivity index (χ0v) is 12.6. The van der Waals surface area contributed by atoms with Gasteiger partial charge in [0.25, 0.3) is 0 Å². The number of nitrogens with one attached hydrogen (secondary N) is 2. The summed E-state index contributed by atoms with van der Waals surface area (Å²) in [6.07, 6.45) is 3.83. The highest BCUT2D eigenvalue weighted by Crippen LogP contribution is 2.26. The Labute approximate surface area is 121 Å². The molecular formula is C16H25N3O. The van der Waals surface area contributed by atoms with E-state index in [4.69, 9.17) is 0 Å². The van der Waals surface area contributed by atoms with Crippen molar-refractivity contribution in [3.8, 4) is 0 Å². The third-order valence-corrected chi connectivity index (χ3v) is 4.20. The number of benzene rings is 1. The number of amides is 2. The molecule has 0 saturated heterocycles. The van der Waals surface area contributed by atoms with Gasteiger partial charge in [0.2, 0.25) is 0 Å². The number of hydrogen-bond acceptors (Lipinski definition) is 2. The molecule has 2 N–H and O–H groups in total. The van der Waals surface area contributed by atoms with Gasteiger partial charge in [0.05, 0.1) is 0 Å². The van der Waals surface area contributed by atoms with Crippen molar-refractivity contribution >= 4 is 11.7 Å². The molecule has 0 bridgehead atoms. The highest BCUT2D eigenvalue weighted by molar-refractivity contribution is 5.89. The van der Waals surface area contributed by atoms with Gasteiger partial charge in [0.15, 0.2) is 0 Å². The van der Waals surface area contributed by atoms with Gasteiger partial charge in [-0.15, -0.1) is 0 Å². The van der Waals surface area contributed by atoms with Crippen LogP contribution in [0.15, 0.2) is 24.3 Å². The Morgan fingerprint density at radius 1 is 1.35 bits per heavy atom. The van der Waals surface area contributed by atoms with Gasteiger partial charge in [-0.2, -0.15) is 0 Å². The van der Waals surface area contributed by atoms with Crippen molar-refractivity contribution in [3.05, 3.63) is 29.8 Å². The van der Waals surface area contributed by atoms with Crippen molar-refractivity contribution in [1.29, 1.82) is 0 Å². The molecule has 1 fully saturated rings. The average molecular weight is 275 g/mol. The van der Waals surface area contributed by atoms with Crippen LogP contribution < -0.4 is 10.6 Å². The van der Waals surface area contributed by atoms with Crippen LogP contribution in [-0.4, -0.2) is 31.6 Å². The van der Waals surface area contributed by atoms with Crippen molar-refractivity contribution in [2.75, 3.05) is 26.0 Å². The summed E-state index contributed by atoms with van der Waals surface area (Å²) in [4.78, 5) is 13.9. The molecule has 0 radical (unpaired) electrons. The zero-order chi connectivity index (χ0) is 14.5. The standard InChI is InChI=1S/C16H25N3O/c1-12(17-2)14-7-9-15(10-8-14)18-16(20)19(3)11-13-5-4-6-13/h7-10,12-13,17H,4-6,11H2,1-3H3,(H,18,20). The average Bonchev–Trinajstić information content (AvgIpc) is 2.42. The van der Waals surface area contributed by atoms with Gasteiger partial charge in [-0.25, -0.2) is 4.79 Å². The Hall–Kier alpha value is -1.55. The van der Waals surface area contributed by atoms with Crippen molar-refractivity contribution in [3.63, 3.8) is 0 Å². The zero-order valence-electron chi connectivity index (χ0n) is 12.6. The lowest BCUT2D eigenvalue weighted by Gasteiger charge is -2.30. The second-order valence-electron chi connectivity index (χ2n) is 5.74. The first-order valence-corrected chi connectivity index (χ1v) is 7.39. The first-order chi connectivity index (χ1) is 9.60. The quantitative estimate of drug-likeness (QED) is 0.866. The van der Waals surface area contributed by atoms with E-state index in [-0.39, 0.29) is 6.03 Å². The molecule has 0 spiro atoms. The Bertz CT molecular complexity index is 440. The molecule has 0 heterocycles. The molecule has 0 aromatic heterocycles. The lowest BCUT2D eigenvalue weighted by Crippen LogP contribution is -2.37. The van der Waals surface area contributed by atoms with Crippen LogP contribution in [0.4, 0.5) is 10.5 Å². The molecule has 20 heavy (non-hydrogen) atoms. The molecule has 4 heteroatoms. The second-order valence-corrected chi connectivity index (χ2v) is 5.74. The number of urea groups is 1. The largest absolute Gasteiger partial charge is 0.327 e. The minimum Gasteiger partial charge on any atom is -0.327 e. The fourth-order valence-corrected chi connectivity index (χ4v) is 2.39. The van der Waals surface area contributed by atoms with Crippen molar-refractivity contribution < 1.29 is 4.79 Å². The molecule has 1 aromatic carbocycles. The van der Waals surface area contributed by atoms with Crippen LogP contribution in [0.3, 0.4) is 0 Å². The molecule has 110 valence electrons. The van der Waals surface area contributed by atoms with Crippen molar-refractivity contribution in [1.82, 2.24) is 10.2 Å². The molecule has 1 aliphatic carbocycles. The summed E-state index contributed by atoms with van der Waals surface area (Å²) in [5.41, 5.74) is 2.07. The van der Waals surface area contributed by atoms with Crippen LogP contribution in [-0.2, 0) is 0 Å². The number of carbonyl (C=O) groups excluding carboxylic acids is 1. The number of hydrogen-bond donors (Lipinski definition) is 2. The van der Waals surface area contributed by atoms with Crippen LogP contribution in [0.2, 0.25) is 0 Å². The van der Waals surface area contributed by atoms with Crippen LogP contribution in [0, 0.1) is 5.92 Å². The Morgan fingerprint density at radius 2 is 2.00 bits per heavy atom. The molecule has 1 aliphatic rings. The lowest BCUT2D eigenvalue weighted by molar-refractivity contribution is 0.194. The Kier molecular flexibility index (Phi) is 5.01. The summed E-state index contributed by atoms with van der Waals surface area (Å²) in [6.45, 7) is 2.97. The topological polar surface area (TPSA) is 44.4 Å². The van der Waals surface area contributed by atoms with Crippen LogP contribution >= 0.6 is 0 Å². The molecule has 1 saturated carbocycles. The maximum atomic E-state index is 12.1. The monoisotopic (exact) mass is 275 g/mol. The molecule has 2 amide bonds. The first kappa shape index (κ1) is 14.9. The van der Waals surface area contributed by atoms with Gasteiger partial charge < -0.3 is 15.5 Å². The minimum absolute atomic E-state index is 0.0219. The molecule has 4 nitrogen and oxygen atoms in total. The van der Waals surface area contributed by atoms with Gasteiger partial charge >= 0.3 is 6.03 Å². The van der Waals surface area contributed by atoms with Gasteiger partial charge in [-0.3, -0.25) is 0 Å². The smallest absolute Gasteiger partial charge is 0.321 e. The van der Waals surface area contributed by atoms with E-state index in [0.29, 0.717) is 12.0 Å². The molecular weight excluding hydrogens is 250 g/mol. The van der Waals surface area contributed by atoms with E-state index in [1.165, 1.54) is 24.8 Å². The minimum atomic E-state index is -0.0219. The maximum Gasteiger partial charge on any atom is 0.321 e. The van der Waals surface area contributed by atoms with Crippen LogP contribution in [0.25, 0.3) is 0 Å². The van der Waals surface area contributed by atoms with Crippen LogP contribution in [0.5, 0.6) is 0 Å². The van der Waals surface area contributed by atoms with E-state index < -0.39 is 0 Å². The number of rotatable bonds is 5. The predicted octanol–water partition coefficient (Wildman–Crippen LogP) is 3.23. The number of anilines is 1. The third kappa shape index (κ3) is 3.73. The molecule has 1 unspecified atom stereocenters. The molecule has 1 aromatic rings. The van der Waals surface area contributed by atoms with E-state index in [1.54, 1.807) is 4.90 Å². The summed E-state index contributed by atoms with van der Waals surface area (Å²) in [7, 11) is 3.81. The molecule has 2 rings (SSSR count). The summed E-state index contributed by atoms with van der Waals surface area (Å²) in [5.74, 6) is 0.699. The SMILES string of the molecule is CNC(C)c1ccc(NC(=O)N(C)CC2CCC2)cc1. The summed E-state index contributed by atoms with van der Waals surface area (Å²) in [5, 5.41) is 6.14. The van der Waals surface area contributed by atoms with E-state index >= 15 is 0 Å². The van der Waals surface area contributed by atoms with Crippen LogP contribution in [0.1, 0.15) is 37.8 Å². The lowest BCUT2D eigenvalue weighted by atomic mass is 9.85. The Balaban J connectivity index is 1.86. The second kappa shape index (κ2) is 6.75. The summed E-state index contributed by atoms with van der Waals surface area (Å²) < 4.78 is 0.